The number of hydrogen-bond donors (Lipinski definition) is 4. The van der Waals surface area contributed by atoms with Gasteiger partial charge in [-0.15, -0.1) is 0 Å². The first kappa shape index (κ1) is 27.7. The van der Waals surface area contributed by atoms with E-state index in [4.69, 9.17) is 19.6 Å². The zero-order valence-corrected chi connectivity index (χ0v) is 23.5. The Bertz CT molecular complexity index is 1300. The minimum absolute atomic E-state index is 0.00641. The summed E-state index contributed by atoms with van der Waals surface area (Å²) in [4.78, 5) is 28.6. The van der Waals surface area contributed by atoms with Crippen molar-refractivity contribution in [2.24, 2.45) is 0 Å². The van der Waals surface area contributed by atoms with Gasteiger partial charge >= 0.3 is 0 Å². The molecule has 212 valence electrons. The van der Waals surface area contributed by atoms with E-state index in [0.717, 1.165) is 0 Å². The maximum Gasteiger partial charge on any atom is 0.251 e. The van der Waals surface area contributed by atoms with Gasteiger partial charge in [-0.05, 0) is 63.1 Å². The standard InChI is InChI=1S/C30H36N4O6/c1-6-30(7-2)15-23(35)34(28(31)33-30)25-19-14-17(12-13-20(19)39-16-22(25)38-5)27(37)32-24-18-10-8-9-11-21(18)40-29(3,4)26(24)36/h8,10,12-14,22,24-26,36H,6-7,15-16H2,1-5H3,(H2,31,33)(H,32,37)/t22-,24+,25-,26-/m0/s1. The molecule has 10 nitrogen and oxygen atoms in total. The van der Waals surface area contributed by atoms with Crippen molar-refractivity contribution in [2.75, 3.05) is 13.7 Å². The van der Waals surface area contributed by atoms with Gasteiger partial charge in [-0.2, -0.15) is 0 Å². The van der Waals surface area contributed by atoms with E-state index in [9.17, 15) is 14.7 Å². The van der Waals surface area contributed by atoms with E-state index in [1.54, 1.807) is 44.2 Å². The Kier molecular flexibility index (Phi) is 7.15. The van der Waals surface area contributed by atoms with Crippen LogP contribution in [0.4, 0.5) is 0 Å². The summed E-state index contributed by atoms with van der Waals surface area (Å²) in [6.07, 6.45) is 0.0888. The predicted octanol–water partition coefficient (Wildman–Crippen LogP) is 3.05. The van der Waals surface area contributed by atoms with Crippen LogP contribution in [0.2, 0.25) is 0 Å². The first-order valence-corrected chi connectivity index (χ1v) is 13.6. The van der Waals surface area contributed by atoms with Gasteiger partial charge in [-0.25, -0.2) is 0 Å². The van der Waals surface area contributed by atoms with Gasteiger partial charge in [0.25, 0.3) is 5.91 Å². The molecule has 5 rings (SSSR count). The molecule has 0 saturated carbocycles. The summed E-state index contributed by atoms with van der Waals surface area (Å²) in [7, 11) is 1.54. The van der Waals surface area contributed by atoms with E-state index in [0.29, 0.717) is 41.0 Å². The van der Waals surface area contributed by atoms with Crippen LogP contribution in [0.15, 0.2) is 30.3 Å². The SMILES string of the molecule is CCC1(CC)CC(=O)N([C@H]2c3cc(C(=O)N[C@@H]4c5ccc#cc5OC(C)(C)[C@H]4O)ccc3OC[C@@H]2OC)C(=N)N1. The van der Waals surface area contributed by atoms with E-state index in [1.165, 1.54) is 12.0 Å². The van der Waals surface area contributed by atoms with E-state index in [-0.39, 0.29) is 24.9 Å². The Labute approximate surface area is 234 Å². The monoisotopic (exact) mass is 548 g/mol. The Morgan fingerprint density at radius 2 is 2.02 bits per heavy atom. The molecular weight excluding hydrogens is 512 g/mol. The minimum atomic E-state index is -1.03. The molecular formula is C30H36N4O6. The fourth-order valence-corrected chi connectivity index (χ4v) is 5.84. The molecule has 40 heavy (non-hydrogen) atoms. The predicted molar refractivity (Wildman–Crippen MR) is 146 cm³/mol. The molecule has 0 unspecified atom stereocenters. The molecule has 10 heteroatoms. The second-order valence-corrected chi connectivity index (χ2v) is 11.2. The zero-order valence-electron chi connectivity index (χ0n) is 23.5. The Hall–Kier alpha value is -3.81. The molecule has 2 amide bonds. The molecule has 4 N–H and O–H groups in total. The third-order valence-corrected chi connectivity index (χ3v) is 8.47. The topological polar surface area (TPSA) is 133 Å². The van der Waals surface area contributed by atoms with Gasteiger partial charge in [0.15, 0.2) is 11.7 Å². The molecule has 1 saturated heterocycles. The average Bonchev–Trinajstić information content (AvgIpc) is 2.94. The van der Waals surface area contributed by atoms with Gasteiger partial charge in [0.2, 0.25) is 5.91 Å². The fourth-order valence-electron chi connectivity index (χ4n) is 5.84. The maximum atomic E-state index is 13.6. The number of carbonyl (C=O) groups is 2. The van der Waals surface area contributed by atoms with Crippen LogP contribution in [0.5, 0.6) is 11.5 Å². The van der Waals surface area contributed by atoms with Crippen molar-refractivity contribution < 1.29 is 28.9 Å². The molecule has 4 atom stereocenters. The van der Waals surface area contributed by atoms with Crippen LogP contribution in [0.1, 0.15) is 80.5 Å². The first-order chi connectivity index (χ1) is 19.0. The van der Waals surface area contributed by atoms with E-state index >= 15 is 0 Å². The van der Waals surface area contributed by atoms with Crippen LogP contribution in [-0.4, -0.2) is 64.8 Å². The van der Waals surface area contributed by atoms with Crippen LogP contribution in [-0.2, 0) is 9.53 Å². The average molecular weight is 549 g/mol. The molecule has 0 aromatic heterocycles. The van der Waals surface area contributed by atoms with Gasteiger partial charge in [0.1, 0.15) is 30.2 Å². The van der Waals surface area contributed by atoms with Crippen molar-refractivity contribution in [1.82, 2.24) is 15.5 Å². The molecule has 0 radical (unpaired) electrons. The summed E-state index contributed by atoms with van der Waals surface area (Å²) in [6.45, 7) is 7.69. The van der Waals surface area contributed by atoms with E-state index in [1.807, 2.05) is 13.8 Å². The number of nitrogens with one attached hydrogen (secondary N) is 3. The Morgan fingerprint density at radius 1 is 1.27 bits per heavy atom. The van der Waals surface area contributed by atoms with Gasteiger partial charge in [0, 0.05) is 29.3 Å². The molecule has 1 fully saturated rings. The van der Waals surface area contributed by atoms with Crippen molar-refractivity contribution in [3.05, 3.63) is 59.2 Å². The highest BCUT2D eigenvalue weighted by Gasteiger charge is 2.47. The number of hydrogen-bond acceptors (Lipinski definition) is 7. The van der Waals surface area contributed by atoms with Crippen LogP contribution in [0.3, 0.4) is 0 Å². The Morgan fingerprint density at radius 3 is 2.70 bits per heavy atom. The van der Waals surface area contributed by atoms with Gasteiger partial charge < -0.3 is 30.0 Å². The highest BCUT2D eigenvalue weighted by Crippen LogP contribution is 2.42. The minimum Gasteiger partial charge on any atom is -0.490 e. The summed E-state index contributed by atoms with van der Waals surface area (Å²) in [5.41, 5.74) is 0.0561. The normalized spacial score (nSPS) is 26.3. The van der Waals surface area contributed by atoms with Gasteiger partial charge in [0.05, 0.1) is 18.5 Å². The largest absolute Gasteiger partial charge is 0.490 e. The van der Waals surface area contributed by atoms with E-state index in [2.05, 4.69) is 22.8 Å². The van der Waals surface area contributed by atoms with Crippen LogP contribution in [0, 0.1) is 17.5 Å². The molecule has 2 aromatic carbocycles. The number of aliphatic hydroxyl groups is 1. The van der Waals surface area contributed by atoms with Crippen LogP contribution in [0.25, 0.3) is 0 Å². The van der Waals surface area contributed by atoms with Crippen molar-refractivity contribution in [2.45, 2.75) is 82.4 Å². The molecule has 3 aliphatic heterocycles. The van der Waals surface area contributed by atoms with Crippen molar-refractivity contribution in [1.29, 1.82) is 5.41 Å². The maximum absolute atomic E-state index is 13.6. The molecule has 0 aliphatic carbocycles. The van der Waals surface area contributed by atoms with Crippen LogP contribution >= 0.6 is 0 Å². The van der Waals surface area contributed by atoms with Crippen molar-refractivity contribution >= 4 is 17.8 Å². The van der Waals surface area contributed by atoms with Gasteiger partial charge in [-0.1, -0.05) is 19.9 Å². The summed E-state index contributed by atoms with van der Waals surface area (Å²) in [6, 6.07) is 12.8. The number of fused-ring (bicyclic) bond motifs is 2. The van der Waals surface area contributed by atoms with Crippen LogP contribution < -0.4 is 20.1 Å². The number of methoxy groups -OCH3 is 1. The zero-order chi connectivity index (χ0) is 28.8. The number of rotatable bonds is 6. The van der Waals surface area contributed by atoms with E-state index < -0.39 is 41.3 Å². The van der Waals surface area contributed by atoms with Crippen molar-refractivity contribution in [3.8, 4) is 11.5 Å². The number of ether oxygens (including phenoxy) is 3. The molecule has 0 spiro atoms. The lowest BCUT2D eigenvalue weighted by Gasteiger charge is -2.47. The first-order valence-electron chi connectivity index (χ1n) is 13.6. The molecule has 3 aliphatic rings. The second kappa shape index (κ2) is 10.3. The lowest BCUT2D eigenvalue weighted by atomic mass is 9.85. The van der Waals surface area contributed by atoms with Crippen molar-refractivity contribution in [3.63, 3.8) is 0 Å². The Balaban J connectivity index is 1.48. The fraction of sp³-hybridized carbons (Fsp3) is 0.500. The smallest absolute Gasteiger partial charge is 0.251 e. The summed E-state index contributed by atoms with van der Waals surface area (Å²) in [5.74, 6) is 0.345. The second-order valence-electron chi connectivity index (χ2n) is 11.2. The summed E-state index contributed by atoms with van der Waals surface area (Å²) >= 11 is 0. The van der Waals surface area contributed by atoms with Gasteiger partial charge in [-0.3, -0.25) is 19.9 Å². The quantitative estimate of drug-likeness (QED) is 0.436. The lowest BCUT2D eigenvalue weighted by Crippen LogP contribution is -2.64. The number of amides is 2. The summed E-state index contributed by atoms with van der Waals surface area (Å²) in [5, 5.41) is 26.1. The molecule has 0 bridgehead atoms. The number of carbonyl (C=O) groups excluding carboxylic acids is 2. The third kappa shape index (κ3) is 4.63. The number of aliphatic hydroxyl groups excluding tert-OH is 1. The molecule has 2 aromatic rings. The highest BCUT2D eigenvalue weighted by molar-refractivity contribution is 6.00. The number of guanidine groups is 1. The highest BCUT2D eigenvalue weighted by atomic mass is 16.5. The number of nitrogens with zero attached hydrogens (tertiary/aromatic N) is 1. The lowest BCUT2D eigenvalue weighted by molar-refractivity contribution is -0.136. The molecule has 3 heterocycles. The summed E-state index contributed by atoms with van der Waals surface area (Å²) < 4.78 is 17.5. The number of benzene rings is 1. The third-order valence-electron chi connectivity index (χ3n) is 8.47.